The maximum absolute atomic E-state index is 13.5. The van der Waals surface area contributed by atoms with E-state index in [0.717, 1.165) is 72.0 Å². The number of carbonyl (C=O) groups excluding carboxylic acids is 2. The van der Waals surface area contributed by atoms with Gasteiger partial charge in [-0.1, -0.05) is 43.4 Å². The summed E-state index contributed by atoms with van der Waals surface area (Å²) < 4.78 is 39.7. The number of aryl methyl sites for hydroxylation is 1. The van der Waals surface area contributed by atoms with E-state index in [9.17, 15) is 22.7 Å². The van der Waals surface area contributed by atoms with Crippen LogP contribution in [0.25, 0.3) is 0 Å². The van der Waals surface area contributed by atoms with E-state index in [0.29, 0.717) is 30.2 Å². The van der Waals surface area contributed by atoms with Gasteiger partial charge >= 0.3 is 0 Å². The monoisotopic (exact) mass is 550 g/mol. The predicted molar refractivity (Wildman–Crippen MR) is 143 cm³/mol. The fraction of sp³-hybridized carbons (Fsp3) is 0.560. The molecule has 9 nitrogen and oxygen atoms in total. The third kappa shape index (κ3) is 6.85. The molecule has 1 fully saturated rings. The average Bonchev–Trinajstić information content (AvgIpc) is 3.40. The smallest absolute Gasteiger partial charge is 0.243 e. The lowest BCUT2D eigenvalue weighted by Gasteiger charge is -2.35. The molecule has 1 aliphatic carbocycles. The third-order valence-electron chi connectivity index (χ3n) is 7.00. The van der Waals surface area contributed by atoms with Crippen molar-refractivity contribution in [3.05, 3.63) is 35.3 Å². The minimum atomic E-state index is -2.72. The fourth-order valence-electron chi connectivity index (χ4n) is 5.26. The number of halogens is 1. The van der Waals surface area contributed by atoms with E-state index in [4.69, 9.17) is 0 Å². The highest BCUT2D eigenvalue weighted by Gasteiger charge is 2.33. The summed E-state index contributed by atoms with van der Waals surface area (Å²) in [5.74, 6) is -0.677. The Morgan fingerprint density at radius 1 is 1.32 bits per heavy atom. The molecule has 2 N–H and O–H groups in total. The molecule has 2 amide bonds. The Morgan fingerprint density at radius 3 is 2.78 bits per heavy atom. The van der Waals surface area contributed by atoms with Crippen LogP contribution in [0.2, 0.25) is 0 Å². The molecule has 1 aromatic heterocycles. The zero-order chi connectivity index (χ0) is 26.5. The molecule has 0 bridgehead atoms. The highest BCUT2D eigenvalue weighted by molar-refractivity contribution is 7.81. The number of anilines is 3. The average molecular weight is 551 g/mol. The maximum Gasteiger partial charge on any atom is 0.243 e. The Kier molecular flexibility index (Phi) is 9.14. The number of thiazole rings is 1. The number of aromatic nitrogens is 1. The van der Waals surface area contributed by atoms with Crippen molar-refractivity contribution < 1.29 is 22.7 Å². The Hall–Kier alpha value is -2.57. The van der Waals surface area contributed by atoms with E-state index in [2.05, 4.69) is 20.5 Å². The lowest BCUT2D eigenvalue weighted by atomic mass is 9.84. The van der Waals surface area contributed by atoms with Gasteiger partial charge in [-0.15, -0.1) is 0 Å². The lowest BCUT2D eigenvalue weighted by molar-refractivity contribution is -0.122. The summed E-state index contributed by atoms with van der Waals surface area (Å²) in [6.45, 7) is 4.62. The van der Waals surface area contributed by atoms with Gasteiger partial charge < -0.3 is 20.1 Å². The van der Waals surface area contributed by atoms with Crippen molar-refractivity contribution in [3.63, 3.8) is 0 Å². The summed E-state index contributed by atoms with van der Waals surface area (Å²) >= 11 is -1.68. The summed E-state index contributed by atoms with van der Waals surface area (Å²) in [6.07, 6.45) is 6.38. The quantitative estimate of drug-likeness (QED) is 0.436. The molecule has 0 saturated heterocycles. The van der Waals surface area contributed by atoms with E-state index < -0.39 is 17.3 Å². The number of carbonyl (C=O) groups is 2. The largest absolute Gasteiger partial charge is 0.755 e. The number of hydrogen-bond acceptors (Lipinski definition) is 7. The van der Waals surface area contributed by atoms with Gasteiger partial charge in [0.05, 0.1) is 5.69 Å². The van der Waals surface area contributed by atoms with Crippen molar-refractivity contribution in [2.45, 2.75) is 64.8 Å². The van der Waals surface area contributed by atoms with Crippen LogP contribution in [0.1, 0.15) is 56.7 Å². The molecular weight excluding hydrogens is 517 g/mol. The first-order valence-corrected chi connectivity index (χ1v) is 14.5. The zero-order valence-electron chi connectivity index (χ0n) is 21.1. The maximum atomic E-state index is 13.5. The van der Waals surface area contributed by atoms with E-state index >= 15 is 0 Å². The van der Waals surface area contributed by atoms with Crippen LogP contribution in [-0.4, -0.2) is 51.2 Å². The molecule has 2 aliphatic rings. The van der Waals surface area contributed by atoms with E-state index in [1.807, 2.05) is 0 Å². The fourth-order valence-corrected chi connectivity index (χ4v) is 7.18. The van der Waals surface area contributed by atoms with Gasteiger partial charge in [0.1, 0.15) is 16.9 Å². The van der Waals surface area contributed by atoms with Gasteiger partial charge in [0.2, 0.25) is 11.8 Å². The number of nitrogens with one attached hydrogen (secondary N) is 2. The second-order valence-corrected chi connectivity index (χ2v) is 11.5. The molecule has 2 unspecified atom stereocenters. The highest BCUT2D eigenvalue weighted by Crippen LogP contribution is 2.37. The Morgan fingerprint density at radius 2 is 2.08 bits per heavy atom. The van der Waals surface area contributed by atoms with Crippen molar-refractivity contribution in [2.75, 3.05) is 34.2 Å². The third-order valence-corrected chi connectivity index (χ3v) is 8.94. The van der Waals surface area contributed by atoms with Gasteiger partial charge in [-0.05, 0) is 49.4 Å². The van der Waals surface area contributed by atoms with E-state index in [1.54, 1.807) is 19.1 Å². The second-order valence-electron chi connectivity index (χ2n) is 9.69. The summed E-state index contributed by atoms with van der Waals surface area (Å²) in [4.78, 5) is 31.4. The number of hydrogen-bond donors (Lipinski definition) is 2. The molecule has 2 aromatic rings. The van der Waals surface area contributed by atoms with Crippen LogP contribution < -0.4 is 19.8 Å². The molecule has 202 valence electrons. The minimum Gasteiger partial charge on any atom is -0.755 e. The number of nitrogens with zero attached hydrogens (tertiary/aromatic N) is 3. The zero-order valence-corrected chi connectivity index (χ0v) is 22.8. The number of rotatable bonds is 10. The van der Waals surface area contributed by atoms with Crippen molar-refractivity contribution in [2.24, 2.45) is 5.92 Å². The van der Waals surface area contributed by atoms with Crippen LogP contribution >= 0.6 is 11.3 Å². The first kappa shape index (κ1) is 27.5. The van der Waals surface area contributed by atoms with Gasteiger partial charge in [-0.3, -0.25) is 18.1 Å². The van der Waals surface area contributed by atoms with Crippen molar-refractivity contribution in [1.82, 2.24) is 10.3 Å². The molecule has 12 heteroatoms. The molecule has 0 radical (unpaired) electrons. The summed E-state index contributed by atoms with van der Waals surface area (Å²) in [5, 5.41) is 6.16. The first-order chi connectivity index (χ1) is 17.7. The van der Waals surface area contributed by atoms with Crippen molar-refractivity contribution >= 4 is 50.2 Å². The molecule has 2 atom stereocenters. The molecule has 1 saturated carbocycles. The van der Waals surface area contributed by atoms with Crippen LogP contribution in [0.5, 0.6) is 0 Å². The molecular formula is C25H33FN5O4S2-. The van der Waals surface area contributed by atoms with E-state index in [1.165, 1.54) is 13.0 Å². The standard InChI is InChI=1S/C25H34FN5O4S2/c1-16-24(36-25(28-16)29-17(2)32)31(37(34)35)22(14-18-6-4-3-5-7-18)23(33)27-11-13-30-12-10-19-15-20(26)8-9-21(19)30/h8-9,15,18,22H,3-7,10-14H2,1-2H3,(H,27,33)(H,34,35)(H,28,29,32)/p-1. The van der Waals surface area contributed by atoms with Crippen LogP contribution in [0.3, 0.4) is 0 Å². The predicted octanol–water partition coefficient (Wildman–Crippen LogP) is 3.67. The Bertz CT molecular complexity index is 1150. The Labute approximate surface area is 223 Å². The number of amides is 2. The van der Waals surface area contributed by atoms with Crippen molar-refractivity contribution in [1.29, 1.82) is 0 Å². The number of benzene rings is 1. The van der Waals surface area contributed by atoms with Crippen LogP contribution in [0.4, 0.5) is 20.2 Å². The van der Waals surface area contributed by atoms with Gasteiger partial charge in [0.25, 0.3) is 0 Å². The molecule has 4 rings (SSSR count). The van der Waals surface area contributed by atoms with Crippen LogP contribution in [0.15, 0.2) is 18.2 Å². The van der Waals surface area contributed by atoms with Gasteiger partial charge in [-0.25, -0.2) is 9.37 Å². The SMILES string of the molecule is CC(=O)Nc1nc(C)c(N(C(CC2CCCCC2)C(=O)NCCN2CCc3cc(F)ccc32)S(=O)[O-])s1. The summed E-state index contributed by atoms with van der Waals surface area (Å²) in [5.41, 5.74) is 2.34. The highest BCUT2D eigenvalue weighted by atomic mass is 32.2. The Balaban J connectivity index is 1.50. The normalized spacial score (nSPS) is 17.2. The first-order valence-electron chi connectivity index (χ1n) is 12.7. The van der Waals surface area contributed by atoms with Gasteiger partial charge in [0.15, 0.2) is 5.13 Å². The summed E-state index contributed by atoms with van der Waals surface area (Å²) in [6, 6.07) is 3.81. The molecule has 1 aromatic carbocycles. The minimum absolute atomic E-state index is 0.249. The lowest BCUT2D eigenvalue weighted by Crippen LogP contribution is -2.50. The van der Waals surface area contributed by atoms with Gasteiger partial charge in [-0.2, -0.15) is 0 Å². The second kappa shape index (κ2) is 12.3. The molecule has 2 heterocycles. The number of fused-ring (bicyclic) bond motifs is 1. The molecule has 0 spiro atoms. The van der Waals surface area contributed by atoms with Crippen LogP contribution in [-0.2, 0) is 27.3 Å². The topological polar surface area (TPSA) is 118 Å². The van der Waals surface area contributed by atoms with Crippen LogP contribution in [0, 0.1) is 18.7 Å². The summed E-state index contributed by atoms with van der Waals surface area (Å²) in [7, 11) is 0. The van der Waals surface area contributed by atoms with Crippen molar-refractivity contribution in [3.8, 4) is 0 Å². The molecule has 1 aliphatic heterocycles. The van der Waals surface area contributed by atoms with Gasteiger partial charge in [0, 0.05) is 43.5 Å². The van der Waals surface area contributed by atoms with E-state index in [-0.39, 0.29) is 28.7 Å². The molecule has 37 heavy (non-hydrogen) atoms.